The van der Waals surface area contributed by atoms with Crippen LogP contribution in [-0.4, -0.2) is 70.5 Å². The van der Waals surface area contributed by atoms with Gasteiger partial charge in [0, 0.05) is 36.2 Å². The van der Waals surface area contributed by atoms with Gasteiger partial charge in [0.05, 0.1) is 30.2 Å². The van der Waals surface area contributed by atoms with Crippen LogP contribution in [0.2, 0.25) is 0 Å². The van der Waals surface area contributed by atoms with Crippen LogP contribution >= 0.6 is 11.3 Å². The van der Waals surface area contributed by atoms with Crippen LogP contribution in [0.4, 0.5) is 14.5 Å². The molecule has 0 bridgehead atoms. The fourth-order valence-electron chi connectivity index (χ4n) is 6.05. The van der Waals surface area contributed by atoms with Crippen LogP contribution in [0.25, 0.3) is 16.3 Å². The number of hydrogen-bond donors (Lipinski definition) is 2. The number of ether oxygens (including phenoxy) is 1. The summed E-state index contributed by atoms with van der Waals surface area (Å²) < 4.78 is 64.4. The van der Waals surface area contributed by atoms with Gasteiger partial charge in [-0.15, -0.1) is 10.2 Å². The van der Waals surface area contributed by atoms with Crippen molar-refractivity contribution < 1.29 is 27.0 Å². The highest BCUT2D eigenvalue weighted by Gasteiger charge is 2.49. The first kappa shape index (κ1) is 26.6. The lowest BCUT2D eigenvalue weighted by atomic mass is 9.74. The molecule has 0 amide bonds. The number of aromatic nitrogens is 4. The molecule has 3 aromatic rings. The standard InChI is InChI=1S/C26H32F2N6O4S2/c1-14-20(35)26(13-38-14)7-9-33(10-8-26)17-11-16(40(36,37)32-25(2)5-6-25)12-34-19(18(15-3-4-15)29-22(17)34)23-30-31-24(39-23)21(27)28/h11-12,14-15,20-21,32,35H,3-10,13H2,1-2H3/t14-,20+/m1/s1. The minimum Gasteiger partial charge on any atom is -0.390 e. The first-order chi connectivity index (χ1) is 19.0. The summed E-state index contributed by atoms with van der Waals surface area (Å²) in [4.78, 5) is 7.19. The highest BCUT2D eigenvalue weighted by molar-refractivity contribution is 7.89. The van der Waals surface area contributed by atoms with Crippen molar-refractivity contribution in [3.05, 3.63) is 23.0 Å². The number of sulfonamides is 1. The minimum atomic E-state index is -3.89. The van der Waals surface area contributed by atoms with Gasteiger partial charge < -0.3 is 14.7 Å². The fourth-order valence-corrected chi connectivity index (χ4v) is 8.28. The van der Waals surface area contributed by atoms with E-state index in [4.69, 9.17) is 9.72 Å². The highest BCUT2D eigenvalue weighted by atomic mass is 32.2. The molecule has 14 heteroatoms. The summed E-state index contributed by atoms with van der Waals surface area (Å²) in [5.41, 5.74) is 1.69. The third kappa shape index (κ3) is 4.42. The number of piperidine rings is 1. The van der Waals surface area contributed by atoms with Crippen LogP contribution in [0.3, 0.4) is 0 Å². The maximum absolute atomic E-state index is 13.6. The molecule has 7 rings (SSSR count). The molecule has 4 fully saturated rings. The van der Waals surface area contributed by atoms with Gasteiger partial charge in [-0.2, -0.15) is 0 Å². The molecule has 1 spiro atoms. The van der Waals surface area contributed by atoms with Crippen molar-refractivity contribution in [1.29, 1.82) is 0 Å². The minimum absolute atomic E-state index is 0.0841. The van der Waals surface area contributed by atoms with Gasteiger partial charge in [0.2, 0.25) is 10.0 Å². The zero-order valence-electron chi connectivity index (χ0n) is 22.3. The van der Waals surface area contributed by atoms with Crippen LogP contribution in [0.1, 0.15) is 75.4 Å². The zero-order chi connectivity index (χ0) is 28.0. The van der Waals surface area contributed by atoms with Crippen LogP contribution in [-0.2, 0) is 14.8 Å². The van der Waals surface area contributed by atoms with Crippen LogP contribution < -0.4 is 9.62 Å². The van der Waals surface area contributed by atoms with E-state index in [9.17, 15) is 22.3 Å². The summed E-state index contributed by atoms with van der Waals surface area (Å²) in [5, 5.41) is 18.5. The summed E-state index contributed by atoms with van der Waals surface area (Å²) >= 11 is 0.807. The number of nitrogens with zero attached hydrogens (tertiary/aromatic N) is 5. The highest BCUT2D eigenvalue weighted by Crippen LogP contribution is 2.48. The number of rotatable bonds is 7. The summed E-state index contributed by atoms with van der Waals surface area (Å²) in [5.74, 6) is 0.155. The van der Waals surface area contributed by atoms with Crippen LogP contribution in [0.15, 0.2) is 17.2 Å². The van der Waals surface area contributed by atoms with E-state index in [-0.39, 0.29) is 27.3 Å². The molecule has 3 aromatic heterocycles. The number of fused-ring (bicyclic) bond motifs is 1. The number of halogens is 2. The average molecular weight is 595 g/mol. The molecular weight excluding hydrogens is 562 g/mol. The lowest BCUT2D eigenvalue weighted by molar-refractivity contribution is 0.0250. The quantitative estimate of drug-likeness (QED) is 0.423. The zero-order valence-corrected chi connectivity index (χ0v) is 23.9. The van der Waals surface area contributed by atoms with E-state index in [1.807, 2.05) is 13.8 Å². The Morgan fingerprint density at radius 3 is 2.50 bits per heavy atom. The summed E-state index contributed by atoms with van der Waals surface area (Å²) in [6.07, 6.45) is 2.76. The van der Waals surface area contributed by atoms with Crippen molar-refractivity contribution in [2.75, 3.05) is 24.6 Å². The Hall–Kier alpha value is -2.26. The molecular formula is C26H32F2N6O4S2. The topological polar surface area (TPSA) is 122 Å². The predicted molar refractivity (Wildman–Crippen MR) is 144 cm³/mol. The maximum Gasteiger partial charge on any atom is 0.291 e. The van der Waals surface area contributed by atoms with E-state index in [0.717, 1.165) is 42.7 Å². The summed E-state index contributed by atoms with van der Waals surface area (Å²) in [6, 6.07) is 1.67. The SMILES string of the molecule is C[C@H]1OCC2(CCN(c3cc(S(=O)(=O)NC4(C)CC4)cn4c(-c5nnc(C(F)F)s5)c(C5CC5)nc34)CC2)[C@H]1O. The Balaban J connectivity index is 1.36. The monoisotopic (exact) mass is 594 g/mol. The summed E-state index contributed by atoms with van der Waals surface area (Å²) in [7, 11) is -3.89. The third-order valence-electron chi connectivity index (χ3n) is 8.99. The molecule has 216 valence electrons. The molecule has 2 atom stereocenters. The molecule has 0 unspecified atom stereocenters. The second-order valence-corrected chi connectivity index (χ2v) is 14.8. The van der Waals surface area contributed by atoms with Crippen molar-refractivity contribution >= 4 is 32.7 Å². The summed E-state index contributed by atoms with van der Waals surface area (Å²) in [6.45, 7) is 5.44. The van der Waals surface area contributed by atoms with E-state index in [1.165, 1.54) is 6.20 Å². The van der Waals surface area contributed by atoms with Crippen molar-refractivity contribution in [2.24, 2.45) is 5.41 Å². The second-order valence-electron chi connectivity index (χ2n) is 12.1. The van der Waals surface area contributed by atoms with Crippen molar-refractivity contribution in [3.63, 3.8) is 0 Å². The van der Waals surface area contributed by atoms with Crippen LogP contribution in [0, 0.1) is 5.41 Å². The molecule has 2 aliphatic heterocycles. The molecule has 0 aromatic carbocycles. The number of imidazole rings is 1. The van der Waals surface area contributed by atoms with E-state index in [0.29, 0.717) is 54.6 Å². The number of pyridine rings is 1. The van der Waals surface area contributed by atoms with E-state index in [1.54, 1.807) is 10.5 Å². The van der Waals surface area contributed by atoms with Crippen LogP contribution in [0.5, 0.6) is 0 Å². The molecule has 2 aliphatic carbocycles. The lowest BCUT2D eigenvalue weighted by Crippen LogP contribution is -2.47. The Bertz CT molecular complexity index is 1570. The number of alkyl halides is 2. The maximum atomic E-state index is 13.6. The van der Waals surface area contributed by atoms with Crippen molar-refractivity contribution in [1.82, 2.24) is 24.3 Å². The Morgan fingerprint density at radius 1 is 1.20 bits per heavy atom. The Kier molecular flexibility index (Phi) is 6.07. The van der Waals surface area contributed by atoms with Gasteiger partial charge in [-0.1, -0.05) is 11.3 Å². The molecule has 0 radical (unpaired) electrons. The largest absolute Gasteiger partial charge is 0.390 e. The van der Waals surface area contributed by atoms with Gasteiger partial charge in [-0.3, -0.25) is 4.40 Å². The average Bonchev–Trinajstić information content (AvgIpc) is 3.77. The first-order valence-electron chi connectivity index (χ1n) is 13.8. The normalized spacial score (nSPS) is 25.9. The molecule has 10 nitrogen and oxygen atoms in total. The number of nitrogens with one attached hydrogen (secondary N) is 1. The molecule has 40 heavy (non-hydrogen) atoms. The molecule has 2 saturated heterocycles. The number of anilines is 1. The molecule has 4 aliphatic rings. The van der Waals surface area contributed by atoms with E-state index < -0.39 is 28.1 Å². The van der Waals surface area contributed by atoms with Gasteiger partial charge in [0.15, 0.2) is 15.7 Å². The molecule has 2 saturated carbocycles. The fraction of sp³-hybridized carbons (Fsp3) is 0.654. The van der Waals surface area contributed by atoms with Crippen molar-refractivity contribution in [3.8, 4) is 10.7 Å². The van der Waals surface area contributed by atoms with Gasteiger partial charge in [0.25, 0.3) is 6.43 Å². The van der Waals surface area contributed by atoms with E-state index >= 15 is 0 Å². The lowest BCUT2D eigenvalue weighted by Gasteiger charge is -2.41. The smallest absolute Gasteiger partial charge is 0.291 e. The van der Waals surface area contributed by atoms with Gasteiger partial charge in [0.1, 0.15) is 10.6 Å². The number of aliphatic hydroxyl groups is 1. The predicted octanol–water partition coefficient (Wildman–Crippen LogP) is 3.86. The van der Waals surface area contributed by atoms with Gasteiger partial charge in [-0.25, -0.2) is 26.9 Å². The Labute approximate surface area is 234 Å². The number of aliphatic hydroxyl groups excluding tert-OH is 1. The molecule has 5 heterocycles. The first-order valence-corrected chi connectivity index (χ1v) is 16.1. The van der Waals surface area contributed by atoms with Gasteiger partial charge in [-0.05, 0) is 58.4 Å². The number of hydrogen-bond acceptors (Lipinski definition) is 9. The van der Waals surface area contributed by atoms with E-state index in [2.05, 4.69) is 19.8 Å². The van der Waals surface area contributed by atoms with Gasteiger partial charge >= 0.3 is 0 Å². The van der Waals surface area contributed by atoms with Crippen molar-refractivity contribution in [2.45, 2.75) is 87.4 Å². The third-order valence-corrected chi connectivity index (χ3v) is 11.5. The second kappa shape index (κ2) is 9.12. The Morgan fingerprint density at radius 2 is 1.93 bits per heavy atom. The molecule has 2 N–H and O–H groups in total.